The minimum atomic E-state index is 0.555. The predicted molar refractivity (Wildman–Crippen MR) is 155 cm³/mol. The molecule has 0 unspecified atom stereocenters. The molecule has 0 saturated carbocycles. The van der Waals surface area contributed by atoms with Crippen molar-refractivity contribution in [1.29, 1.82) is 0 Å². The van der Waals surface area contributed by atoms with Gasteiger partial charge in [0.05, 0.1) is 5.02 Å². The second kappa shape index (κ2) is 9.40. The van der Waals surface area contributed by atoms with E-state index in [1.165, 1.54) is 11.1 Å². The van der Waals surface area contributed by atoms with E-state index < -0.39 is 0 Å². The molecule has 0 bridgehead atoms. The van der Waals surface area contributed by atoms with Gasteiger partial charge >= 0.3 is 0 Å². The van der Waals surface area contributed by atoms with Crippen LogP contribution in [0.2, 0.25) is 5.02 Å². The molecular weight excluding hydrogens is 490 g/mol. The van der Waals surface area contributed by atoms with Gasteiger partial charge in [0.15, 0.2) is 23.1 Å². The van der Waals surface area contributed by atoms with Crippen LogP contribution in [0, 0.1) is 0 Å². The maximum Gasteiger partial charge on any atom is 0.164 e. The van der Waals surface area contributed by atoms with Crippen molar-refractivity contribution >= 4 is 39.1 Å². The van der Waals surface area contributed by atoms with Crippen LogP contribution < -0.4 is 0 Å². The Balaban J connectivity index is 1.43. The molecule has 7 rings (SSSR count). The second-order valence-electron chi connectivity index (χ2n) is 9.29. The van der Waals surface area contributed by atoms with Crippen LogP contribution in [0.3, 0.4) is 0 Å². The number of hydrogen-bond donors (Lipinski definition) is 0. The Labute approximate surface area is 225 Å². The maximum atomic E-state index is 6.56. The van der Waals surface area contributed by atoms with E-state index >= 15 is 0 Å². The number of hydrogen-bond acceptors (Lipinski definition) is 4. The number of rotatable bonds is 4. The Morgan fingerprint density at radius 3 is 2.08 bits per heavy atom. The van der Waals surface area contributed by atoms with Crippen molar-refractivity contribution in [2.45, 2.75) is 12.8 Å². The Kier molecular flexibility index (Phi) is 5.60. The van der Waals surface area contributed by atoms with Gasteiger partial charge in [-0.05, 0) is 42.2 Å². The van der Waals surface area contributed by atoms with Gasteiger partial charge in [-0.15, -0.1) is 0 Å². The summed E-state index contributed by atoms with van der Waals surface area (Å²) in [5, 5.41) is 2.43. The van der Waals surface area contributed by atoms with E-state index in [1.54, 1.807) is 0 Å². The van der Waals surface area contributed by atoms with Gasteiger partial charge in [0.1, 0.15) is 5.58 Å². The van der Waals surface area contributed by atoms with Crippen LogP contribution in [0.1, 0.15) is 18.4 Å². The lowest BCUT2D eigenvalue weighted by molar-refractivity contribution is 0.669. The first-order chi connectivity index (χ1) is 18.7. The number of allylic oxidation sites excluding steroid dienone is 4. The smallest absolute Gasteiger partial charge is 0.164 e. The van der Waals surface area contributed by atoms with E-state index in [-0.39, 0.29) is 0 Å². The third kappa shape index (κ3) is 4.00. The predicted octanol–water partition coefficient (Wildman–Crippen LogP) is 9.16. The van der Waals surface area contributed by atoms with E-state index in [0.29, 0.717) is 28.1 Å². The second-order valence-corrected chi connectivity index (χ2v) is 9.69. The van der Waals surface area contributed by atoms with Crippen LogP contribution in [0.5, 0.6) is 0 Å². The number of furan rings is 1. The summed E-state index contributed by atoms with van der Waals surface area (Å²) in [6.45, 7) is 0. The molecule has 6 aromatic rings. The summed E-state index contributed by atoms with van der Waals surface area (Å²) in [4.78, 5) is 14.8. The average molecular weight is 512 g/mol. The Morgan fingerprint density at radius 1 is 0.632 bits per heavy atom. The zero-order chi connectivity index (χ0) is 25.5. The minimum Gasteiger partial charge on any atom is -0.454 e. The van der Waals surface area contributed by atoms with Gasteiger partial charge in [-0.25, -0.2) is 15.0 Å². The Morgan fingerprint density at radius 2 is 1.32 bits per heavy atom. The standard InChI is InChI=1S/C33H22ClN3O/c34-27-20-19-26(29-25-13-7-8-14-28(25)38-30(27)29)33-36-31(23-11-5-2-6-12-23)35-32(37-33)24-17-15-22(16-18-24)21-9-3-1-4-10-21/h2-3,5-20H,1,4H2. The number of para-hydroxylation sites is 1. The summed E-state index contributed by atoms with van der Waals surface area (Å²) in [7, 11) is 0. The quantitative estimate of drug-likeness (QED) is 0.237. The molecule has 0 saturated heterocycles. The largest absolute Gasteiger partial charge is 0.454 e. The minimum absolute atomic E-state index is 0.555. The Hall–Kier alpha value is -4.54. The van der Waals surface area contributed by atoms with E-state index in [9.17, 15) is 0 Å². The highest BCUT2D eigenvalue weighted by Crippen LogP contribution is 2.39. The van der Waals surface area contributed by atoms with Crippen LogP contribution in [-0.2, 0) is 0 Å². The molecule has 0 fully saturated rings. The van der Waals surface area contributed by atoms with Crippen molar-refractivity contribution in [1.82, 2.24) is 15.0 Å². The number of nitrogens with zero attached hydrogens (tertiary/aromatic N) is 3. The number of aromatic nitrogens is 3. The van der Waals surface area contributed by atoms with Gasteiger partial charge in [-0.2, -0.15) is 0 Å². The van der Waals surface area contributed by atoms with Crippen molar-refractivity contribution in [3.8, 4) is 34.2 Å². The fourth-order valence-electron chi connectivity index (χ4n) is 4.96. The molecule has 0 spiro atoms. The lowest BCUT2D eigenvalue weighted by Gasteiger charge is -2.11. The molecule has 182 valence electrons. The lowest BCUT2D eigenvalue weighted by atomic mass is 9.98. The summed E-state index contributed by atoms with van der Waals surface area (Å²) < 4.78 is 6.13. The third-order valence-corrected chi connectivity index (χ3v) is 7.16. The molecule has 4 aromatic carbocycles. The molecule has 2 aromatic heterocycles. The highest BCUT2D eigenvalue weighted by atomic mass is 35.5. The zero-order valence-electron chi connectivity index (χ0n) is 20.4. The van der Waals surface area contributed by atoms with Crippen molar-refractivity contribution in [2.75, 3.05) is 0 Å². The summed E-state index contributed by atoms with van der Waals surface area (Å²) in [6, 6.07) is 30.1. The highest BCUT2D eigenvalue weighted by molar-refractivity contribution is 6.36. The third-order valence-electron chi connectivity index (χ3n) is 6.86. The summed E-state index contributed by atoms with van der Waals surface area (Å²) in [5.74, 6) is 1.80. The monoisotopic (exact) mass is 511 g/mol. The molecule has 1 aliphatic rings. The zero-order valence-corrected chi connectivity index (χ0v) is 21.2. The summed E-state index contributed by atoms with van der Waals surface area (Å²) >= 11 is 6.56. The molecule has 38 heavy (non-hydrogen) atoms. The maximum absolute atomic E-state index is 6.56. The van der Waals surface area contributed by atoms with Crippen LogP contribution in [0.15, 0.2) is 114 Å². The molecule has 0 atom stereocenters. The summed E-state index contributed by atoms with van der Waals surface area (Å²) in [6.07, 6.45) is 8.86. The van der Waals surface area contributed by atoms with Crippen LogP contribution in [0.4, 0.5) is 0 Å². The van der Waals surface area contributed by atoms with Crippen LogP contribution in [-0.4, -0.2) is 15.0 Å². The van der Waals surface area contributed by atoms with Gasteiger partial charge in [0, 0.05) is 27.5 Å². The van der Waals surface area contributed by atoms with Gasteiger partial charge < -0.3 is 4.42 Å². The van der Waals surface area contributed by atoms with E-state index in [0.717, 1.165) is 45.9 Å². The first-order valence-electron chi connectivity index (χ1n) is 12.6. The number of halogens is 1. The first kappa shape index (κ1) is 22.6. The normalized spacial score (nSPS) is 13.2. The van der Waals surface area contributed by atoms with Crippen molar-refractivity contribution in [3.05, 3.63) is 120 Å². The van der Waals surface area contributed by atoms with Crippen molar-refractivity contribution in [2.24, 2.45) is 0 Å². The molecule has 0 aliphatic heterocycles. The molecule has 1 aliphatic carbocycles. The topological polar surface area (TPSA) is 51.8 Å². The SMILES string of the molecule is Clc1ccc(-c2nc(-c3ccccc3)nc(-c3ccc(C4=CCCC=C4)cc3)n2)c2c1oc1ccccc12. The van der Waals surface area contributed by atoms with Crippen molar-refractivity contribution < 1.29 is 4.42 Å². The first-order valence-corrected chi connectivity index (χ1v) is 13.0. The molecule has 0 amide bonds. The summed E-state index contributed by atoms with van der Waals surface area (Å²) in [5.41, 5.74) is 6.55. The van der Waals surface area contributed by atoms with Gasteiger partial charge in [0.25, 0.3) is 0 Å². The van der Waals surface area contributed by atoms with Crippen LogP contribution in [0.25, 0.3) is 61.7 Å². The number of benzene rings is 4. The Bertz CT molecular complexity index is 1870. The number of fused-ring (bicyclic) bond motifs is 3. The van der Waals surface area contributed by atoms with E-state index in [4.69, 9.17) is 31.0 Å². The van der Waals surface area contributed by atoms with E-state index in [1.807, 2.05) is 66.7 Å². The molecule has 0 N–H and O–H groups in total. The molecule has 0 radical (unpaired) electrons. The average Bonchev–Trinajstić information content (AvgIpc) is 3.39. The fraction of sp³-hybridized carbons (Fsp3) is 0.0606. The molecular formula is C33H22ClN3O. The van der Waals surface area contributed by atoms with Crippen molar-refractivity contribution in [3.63, 3.8) is 0 Å². The molecule has 5 heteroatoms. The molecule has 2 heterocycles. The highest BCUT2D eigenvalue weighted by Gasteiger charge is 2.19. The molecule has 4 nitrogen and oxygen atoms in total. The lowest BCUT2D eigenvalue weighted by Crippen LogP contribution is -2.00. The van der Waals surface area contributed by atoms with Crippen LogP contribution >= 0.6 is 11.6 Å². The fourth-order valence-corrected chi connectivity index (χ4v) is 5.16. The van der Waals surface area contributed by atoms with Gasteiger partial charge in [0.2, 0.25) is 0 Å². The van der Waals surface area contributed by atoms with Gasteiger partial charge in [-0.1, -0.05) is 103 Å². The van der Waals surface area contributed by atoms with E-state index in [2.05, 4.69) is 42.5 Å². The van der Waals surface area contributed by atoms with Gasteiger partial charge in [-0.3, -0.25) is 0 Å².